The molecule has 0 bridgehead atoms. The number of aryl methyl sites for hydroxylation is 1. The van der Waals surface area contributed by atoms with Gasteiger partial charge in [-0.1, -0.05) is 0 Å². The zero-order chi connectivity index (χ0) is 15.5. The average Bonchev–Trinajstić information content (AvgIpc) is 3.32. The smallest absolute Gasteiger partial charge is 0.158 e. The van der Waals surface area contributed by atoms with Gasteiger partial charge in [0.25, 0.3) is 0 Å². The summed E-state index contributed by atoms with van der Waals surface area (Å²) < 4.78 is 19.7. The standard InChI is InChI=1S/C16H19FN4O/c1-21-16(19-15(20-21)12-2-3-12)13-4-6-14(7-5-13)22-10-11(8-17)9-18/h4-8,12H,2-3,9-10,18H2,1H3/b11-8-. The highest BCUT2D eigenvalue weighted by Crippen LogP contribution is 2.38. The third-order valence-electron chi connectivity index (χ3n) is 3.68. The molecular formula is C16H19FN4O. The highest BCUT2D eigenvalue weighted by molar-refractivity contribution is 5.56. The van der Waals surface area contributed by atoms with Gasteiger partial charge in [-0.2, -0.15) is 5.10 Å². The van der Waals surface area contributed by atoms with Crippen molar-refractivity contribution in [2.24, 2.45) is 12.8 Å². The normalized spacial score (nSPS) is 15.1. The highest BCUT2D eigenvalue weighted by Gasteiger charge is 2.28. The van der Waals surface area contributed by atoms with Gasteiger partial charge in [-0.05, 0) is 37.1 Å². The van der Waals surface area contributed by atoms with E-state index in [0.717, 1.165) is 17.2 Å². The Balaban J connectivity index is 1.71. The van der Waals surface area contributed by atoms with Gasteiger partial charge in [-0.25, -0.2) is 14.1 Å². The van der Waals surface area contributed by atoms with Crippen LogP contribution in [0, 0.1) is 0 Å². The summed E-state index contributed by atoms with van der Waals surface area (Å²) >= 11 is 0. The molecule has 0 saturated heterocycles. The average molecular weight is 302 g/mol. The molecule has 1 heterocycles. The van der Waals surface area contributed by atoms with E-state index < -0.39 is 0 Å². The Hall–Kier alpha value is -2.21. The van der Waals surface area contributed by atoms with Crippen molar-refractivity contribution in [3.8, 4) is 17.1 Å². The Bertz CT molecular complexity index is 674. The molecule has 2 N–H and O–H groups in total. The monoisotopic (exact) mass is 302 g/mol. The summed E-state index contributed by atoms with van der Waals surface area (Å²) in [6.07, 6.45) is 2.86. The maximum absolute atomic E-state index is 12.4. The molecule has 1 aliphatic carbocycles. The second-order valence-electron chi connectivity index (χ2n) is 5.48. The van der Waals surface area contributed by atoms with Gasteiger partial charge >= 0.3 is 0 Å². The molecule has 1 saturated carbocycles. The van der Waals surface area contributed by atoms with Crippen LogP contribution in [0.3, 0.4) is 0 Å². The molecule has 3 rings (SSSR count). The Morgan fingerprint density at radius 3 is 2.73 bits per heavy atom. The van der Waals surface area contributed by atoms with Crippen molar-refractivity contribution < 1.29 is 9.13 Å². The van der Waals surface area contributed by atoms with Crippen molar-refractivity contribution in [1.82, 2.24) is 14.8 Å². The summed E-state index contributed by atoms with van der Waals surface area (Å²) in [6, 6.07) is 7.54. The van der Waals surface area contributed by atoms with E-state index in [1.165, 1.54) is 12.8 Å². The van der Waals surface area contributed by atoms with Crippen LogP contribution in [-0.4, -0.2) is 27.9 Å². The predicted molar refractivity (Wildman–Crippen MR) is 82.2 cm³/mol. The first kappa shape index (κ1) is 14.7. The summed E-state index contributed by atoms with van der Waals surface area (Å²) in [5, 5.41) is 4.46. The molecular weight excluding hydrogens is 283 g/mol. The number of nitrogens with zero attached hydrogens (tertiary/aromatic N) is 3. The highest BCUT2D eigenvalue weighted by atomic mass is 19.1. The summed E-state index contributed by atoms with van der Waals surface area (Å²) in [7, 11) is 1.90. The molecule has 1 fully saturated rings. The van der Waals surface area contributed by atoms with Crippen molar-refractivity contribution in [2.75, 3.05) is 13.2 Å². The fourth-order valence-corrected chi connectivity index (χ4v) is 2.18. The first-order valence-electron chi connectivity index (χ1n) is 7.33. The molecule has 6 heteroatoms. The van der Waals surface area contributed by atoms with E-state index in [-0.39, 0.29) is 13.2 Å². The molecule has 1 aliphatic rings. The van der Waals surface area contributed by atoms with Crippen molar-refractivity contribution in [1.29, 1.82) is 0 Å². The summed E-state index contributed by atoms with van der Waals surface area (Å²) in [4.78, 5) is 4.61. The van der Waals surface area contributed by atoms with Crippen LogP contribution < -0.4 is 10.5 Å². The first-order chi connectivity index (χ1) is 10.7. The van der Waals surface area contributed by atoms with Crippen LogP contribution in [-0.2, 0) is 7.05 Å². The van der Waals surface area contributed by atoms with Crippen LogP contribution in [0.4, 0.5) is 4.39 Å². The molecule has 1 aromatic carbocycles. The molecule has 1 aromatic heterocycles. The van der Waals surface area contributed by atoms with E-state index in [9.17, 15) is 4.39 Å². The predicted octanol–water partition coefficient (Wildman–Crippen LogP) is 2.55. The van der Waals surface area contributed by atoms with Gasteiger partial charge in [0.15, 0.2) is 11.6 Å². The lowest BCUT2D eigenvalue weighted by Gasteiger charge is -2.07. The van der Waals surface area contributed by atoms with Crippen LogP contribution >= 0.6 is 0 Å². The van der Waals surface area contributed by atoms with Gasteiger partial charge in [0.2, 0.25) is 0 Å². The lowest BCUT2D eigenvalue weighted by molar-refractivity contribution is 0.347. The van der Waals surface area contributed by atoms with E-state index in [1.807, 2.05) is 36.0 Å². The molecule has 0 atom stereocenters. The lowest BCUT2D eigenvalue weighted by Crippen LogP contribution is -2.10. The third-order valence-corrected chi connectivity index (χ3v) is 3.68. The molecule has 5 nitrogen and oxygen atoms in total. The van der Waals surface area contributed by atoms with Crippen LogP contribution in [0.5, 0.6) is 5.75 Å². The minimum atomic E-state index is 0.150. The topological polar surface area (TPSA) is 66.0 Å². The van der Waals surface area contributed by atoms with Crippen molar-refractivity contribution in [3.05, 3.63) is 42.0 Å². The number of hydrogen-bond acceptors (Lipinski definition) is 4. The molecule has 0 unspecified atom stereocenters. The quantitative estimate of drug-likeness (QED) is 0.890. The van der Waals surface area contributed by atoms with Gasteiger partial charge in [-0.3, -0.25) is 0 Å². The molecule has 22 heavy (non-hydrogen) atoms. The van der Waals surface area contributed by atoms with Crippen LogP contribution in [0.25, 0.3) is 11.4 Å². The summed E-state index contributed by atoms with van der Waals surface area (Å²) in [5.41, 5.74) is 6.79. The molecule has 0 aliphatic heterocycles. The Kier molecular flexibility index (Phi) is 4.20. The zero-order valence-electron chi connectivity index (χ0n) is 12.5. The zero-order valence-corrected chi connectivity index (χ0v) is 12.5. The van der Waals surface area contributed by atoms with E-state index in [0.29, 0.717) is 23.6 Å². The minimum Gasteiger partial charge on any atom is -0.489 e. The lowest BCUT2D eigenvalue weighted by atomic mass is 10.2. The van der Waals surface area contributed by atoms with Gasteiger partial charge in [0, 0.05) is 30.6 Å². The van der Waals surface area contributed by atoms with E-state index in [4.69, 9.17) is 10.5 Å². The van der Waals surface area contributed by atoms with Crippen LogP contribution in [0.1, 0.15) is 24.6 Å². The molecule has 116 valence electrons. The minimum absolute atomic E-state index is 0.150. The molecule has 0 radical (unpaired) electrons. The Morgan fingerprint density at radius 1 is 1.41 bits per heavy atom. The number of nitrogens with two attached hydrogens (primary N) is 1. The first-order valence-corrected chi connectivity index (χ1v) is 7.33. The number of aromatic nitrogens is 3. The van der Waals surface area contributed by atoms with Gasteiger partial charge in [-0.15, -0.1) is 0 Å². The van der Waals surface area contributed by atoms with Gasteiger partial charge in [0.1, 0.15) is 12.4 Å². The van der Waals surface area contributed by atoms with E-state index in [2.05, 4.69) is 10.1 Å². The fraction of sp³-hybridized carbons (Fsp3) is 0.375. The van der Waals surface area contributed by atoms with Gasteiger partial charge < -0.3 is 10.5 Å². The maximum atomic E-state index is 12.4. The van der Waals surface area contributed by atoms with E-state index in [1.54, 1.807) is 0 Å². The summed E-state index contributed by atoms with van der Waals surface area (Å²) in [5.74, 6) is 2.98. The number of rotatable bonds is 6. The number of benzene rings is 1. The number of hydrogen-bond donors (Lipinski definition) is 1. The summed E-state index contributed by atoms with van der Waals surface area (Å²) in [6.45, 7) is 0.305. The van der Waals surface area contributed by atoms with Crippen molar-refractivity contribution >= 4 is 0 Å². The second kappa shape index (κ2) is 6.27. The number of halogens is 1. The Labute approximate surface area is 128 Å². The maximum Gasteiger partial charge on any atom is 0.158 e. The SMILES string of the molecule is Cn1nc(C2CC2)nc1-c1ccc(OC/C(=C\F)CN)cc1. The molecule has 0 spiro atoms. The number of ether oxygens (including phenoxy) is 1. The second-order valence-corrected chi connectivity index (χ2v) is 5.48. The fourth-order valence-electron chi connectivity index (χ4n) is 2.18. The largest absolute Gasteiger partial charge is 0.489 e. The van der Waals surface area contributed by atoms with Crippen LogP contribution in [0.15, 0.2) is 36.2 Å². The molecule has 2 aromatic rings. The Morgan fingerprint density at radius 2 is 2.14 bits per heavy atom. The van der Waals surface area contributed by atoms with E-state index >= 15 is 0 Å². The van der Waals surface area contributed by atoms with Crippen LogP contribution in [0.2, 0.25) is 0 Å². The van der Waals surface area contributed by atoms with Gasteiger partial charge in [0.05, 0.1) is 6.33 Å². The third kappa shape index (κ3) is 3.17. The van der Waals surface area contributed by atoms with Crippen molar-refractivity contribution in [2.45, 2.75) is 18.8 Å². The molecule has 0 amide bonds. The van der Waals surface area contributed by atoms with Crippen molar-refractivity contribution in [3.63, 3.8) is 0 Å².